The molecule has 6 nitrogen and oxygen atoms in total. The summed E-state index contributed by atoms with van der Waals surface area (Å²) in [6, 6.07) is 19.8. The van der Waals surface area contributed by atoms with E-state index in [0.717, 1.165) is 28.1 Å². The van der Waals surface area contributed by atoms with Crippen LogP contribution in [0, 0.1) is 5.82 Å². The molecule has 0 radical (unpaired) electrons. The van der Waals surface area contributed by atoms with E-state index in [9.17, 15) is 9.18 Å². The highest BCUT2D eigenvalue weighted by Gasteiger charge is 2.17. The van der Waals surface area contributed by atoms with Crippen LogP contribution in [0.15, 0.2) is 76.4 Å². The number of halogens is 1. The van der Waals surface area contributed by atoms with Gasteiger partial charge in [0.25, 0.3) is 11.1 Å². The van der Waals surface area contributed by atoms with Crippen LogP contribution in [0.4, 0.5) is 4.39 Å². The first-order valence-electron chi connectivity index (χ1n) is 10.1. The third-order valence-electron chi connectivity index (χ3n) is 4.87. The smallest absolute Gasteiger partial charge is 0.277 e. The molecule has 1 heterocycles. The van der Waals surface area contributed by atoms with E-state index in [4.69, 9.17) is 9.15 Å². The summed E-state index contributed by atoms with van der Waals surface area (Å²) in [6.07, 6.45) is -0.510. The second kappa shape index (κ2) is 9.82. The first-order valence-corrected chi connectivity index (χ1v) is 11.1. The SMILES string of the molecule is C[C@H](Oc1ccc(F)cc1)c1nnc(SCC(=O)N[C@H](C)c2ccc3ccccc3c2)o1. The number of thioether (sulfide) groups is 1. The standard InChI is InChI=1S/C24H22FN3O3S/c1-15(18-8-7-17-5-3-4-6-19(17)13-18)26-22(29)14-32-24-28-27-23(31-24)16(2)30-21-11-9-20(25)10-12-21/h3-13,15-16H,14H2,1-2H3,(H,26,29)/t15-,16+/m1/s1. The number of carbonyl (C=O) groups excluding carboxylic acids is 1. The monoisotopic (exact) mass is 451 g/mol. The summed E-state index contributed by atoms with van der Waals surface area (Å²) in [6.45, 7) is 3.70. The Bertz CT molecular complexity index is 1210. The summed E-state index contributed by atoms with van der Waals surface area (Å²) in [7, 11) is 0. The van der Waals surface area contributed by atoms with Crippen LogP contribution in [-0.4, -0.2) is 21.9 Å². The summed E-state index contributed by atoms with van der Waals surface area (Å²) in [5.41, 5.74) is 1.04. The average molecular weight is 452 g/mol. The van der Waals surface area contributed by atoms with Gasteiger partial charge in [-0.1, -0.05) is 48.2 Å². The van der Waals surface area contributed by atoms with Crippen LogP contribution in [0.5, 0.6) is 5.75 Å². The number of carbonyl (C=O) groups is 1. The Morgan fingerprint density at radius 3 is 2.59 bits per heavy atom. The van der Waals surface area contributed by atoms with Gasteiger partial charge in [0, 0.05) is 0 Å². The Morgan fingerprint density at radius 2 is 1.81 bits per heavy atom. The molecule has 0 spiro atoms. The van der Waals surface area contributed by atoms with Crippen molar-refractivity contribution < 1.29 is 18.3 Å². The van der Waals surface area contributed by atoms with Gasteiger partial charge in [-0.15, -0.1) is 10.2 Å². The number of nitrogens with one attached hydrogen (secondary N) is 1. The van der Waals surface area contributed by atoms with Crippen molar-refractivity contribution in [3.05, 3.63) is 84.0 Å². The van der Waals surface area contributed by atoms with E-state index in [1.807, 2.05) is 25.1 Å². The van der Waals surface area contributed by atoms with Crippen molar-refractivity contribution >= 4 is 28.4 Å². The van der Waals surface area contributed by atoms with Crippen molar-refractivity contribution in [3.63, 3.8) is 0 Å². The van der Waals surface area contributed by atoms with E-state index < -0.39 is 6.10 Å². The Hall–Kier alpha value is -3.39. The van der Waals surface area contributed by atoms with E-state index >= 15 is 0 Å². The zero-order valence-electron chi connectivity index (χ0n) is 17.6. The lowest BCUT2D eigenvalue weighted by molar-refractivity contribution is -0.119. The molecule has 32 heavy (non-hydrogen) atoms. The zero-order valence-corrected chi connectivity index (χ0v) is 18.4. The molecule has 1 aromatic heterocycles. The molecule has 0 saturated carbocycles. The highest BCUT2D eigenvalue weighted by molar-refractivity contribution is 7.99. The molecule has 4 rings (SSSR count). The van der Waals surface area contributed by atoms with Gasteiger partial charge >= 0.3 is 0 Å². The van der Waals surface area contributed by atoms with Gasteiger partial charge in [0.1, 0.15) is 11.6 Å². The number of amides is 1. The molecule has 164 valence electrons. The van der Waals surface area contributed by atoms with E-state index in [2.05, 4.69) is 39.8 Å². The maximum atomic E-state index is 13.0. The fourth-order valence-electron chi connectivity index (χ4n) is 3.18. The molecule has 0 unspecified atom stereocenters. The molecule has 0 aliphatic heterocycles. The van der Waals surface area contributed by atoms with E-state index in [-0.39, 0.29) is 34.6 Å². The topological polar surface area (TPSA) is 77.2 Å². The summed E-state index contributed by atoms with van der Waals surface area (Å²) < 4.78 is 24.3. The van der Waals surface area contributed by atoms with E-state index in [1.54, 1.807) is 6.92 Å². The van der Waals surface area contributed by atoms with Gasteiger partial charge in [0.2, 0.25) is 5.91 Å². The Balaban J connectivity index is 1.29. The highest BCUT2D eigenvalue weighted by atomic mass is 32.2. The average Bonchev–Trinajstić information content (AvgIpc) is 3.28. The lowest BCUT2D eigenvalue weighted by Crippen LogP contribution is -2.28. The van der Waals surface area contributed by atoms with Crippen LogP contribution in [0.2, 0.25) is 0 Å². The largest absolute Gasteiger partial charge is 0.481 e. The predicted octanol–water partition coefficient (Wildman–Crippen LogP) is 5.47. The summed E-state index contributed by atoms with van der Waals surface area (Å²) in [5.74, 6) is 0.447. The third kappa shape index (κ3) is 5.45. The number of hydrogen-bond donors (Lipinski definition) is 1. The van der Waals surface area contributed by atoms with Crippen LogP contribution >= 0.6 is 11.8 Å². The lowest BCUT2D eigenvalue weighted by Gasteiger charge is -2.14. The molecule has 0 bridgehead atoms. The molecule has 8 heteroatoms. The van der Waals surface area contributed by atoms with Crippen molar-refractivity contribution in [1.29, 1.82) is 0 Å². The summed E-state index contributed by atoms with van der Waals surface area (Å²) in [5, 5.41) is 13.5. The highest BCUT2D eigenvalue weighted by Crippen LogP contribution is 2.25. The Labute approximate surface area is 189 Å². The van der Waals surface area contributed by atoms with Gasteiger partial charge < -0.3 is 14.5 Å². The quantitative estimate of drug-likeness (QED) is 0.358. The predicted molar refractivity (Wildman–Crippen MR) is 121 cm³/mol. The second-order valence-corrected chi connectivity index (χ2v) is 8.23. The van der Waals surface area contributed by atoms with Gasteiger partial charge in [-0.3, -0.25) is 4.79 Å². The van der Waals surface area contributed by atoms with Gasteiger partial charge in [-0.05, 0) is 60.5 Å². The number of benzene rings is 3. The van der Waals surface area contributed by atoms with E-state index in [0.29, 0.717) is 5.75 Å². The number of aromatic nitrogens is 2. The second-order valence-electron chi connectivity index (χ2n) is 7.30. The summed E-state index contributed by atoms with van der Waals surface area (Å²) >= 11 is 1.16. The molecule has 1 N–H and O–H groups in total. The van der Waals surface area contributed by atoms with Crippen LogP contribution in [-0.2, 0) is 4.79 Å². The maximum absolute atomic E-state index is 13.0. The molecule has 0 aliphatic rings. The summed E-state index contributed by atoms with van der Waals surface area (Å²) in [4.78, 5) is 12.4. The van der Waals surface area contributed by atoms with Crippen molar-refractivity contribution in [3.8, 4) is 5.75 Å². The number of rotatable bonds is 8. The molecule has 4 aromatic rings. The van der Waals surface area contributed by atoms with Crippen LogP contribution in [0.25, 0.3) is 10.8 Å². The maximum Gasteiger partial charge on any atom is 0.277 e. The van der Waals surface area contributed by atoms with E-state index in [1.165, 1.54) is 24.3 Å². The van der Waals surface area contributed by atoms with Crippen LogP contribution < -0.4 is 10.1 Å². The fraction of sp³-hybridized carbons (Fsp3) is 0.208. The van der Waals surface area contributed by atoms with Gasteiger partial charge in [0.15, 0.2) is 6.10 Å². The Kier molecular flexibility index (Phi) is 6.70. The number of fused-ring (bicyclic) bond motifs is 1. The molecule has 1 amide bonds. The van der Waals surface area contributed by atoms with Crippen molar-refractivity contribution in [2.45, 2.75) is 31.2 Å². The number of ether oxygens (including phenoxy) is 1. The first kappa shape index (κ1) is 21.8. The molecule has 2 atom stereocenters. The van der Waals surface area contributed by atoms with Crippen LogP contribution in [0.1, 0.15) is 37.4 Å². The van der Waals surface area contributed by atoms with Crippen molar-refractivity contribution in [2.24, 2.45) is 0 Å². The molecule has 0 saturated heterocycles. The molecular formula is C24H22FN3O3S. The van der Waals surface area contributed by atoms with Crippen molar-refractivity contribution in [2.75, 3.05) is 5.75 Å². The normalized spacial score (nSPS) is 13.0. The van der Waals surface area contributed by atoms with Gasteiger partial charge in [0.05, 0.1) is 11.8 Å². The first-order chi connectivity index (χ1) is 15.5. The number of hydrogen-bond acceptors (Lipinski definition) is 6. The molecular weight excluding hydrogens is 429 g/mol. The minimum atomic E-state index is -0.510. The third-order valence-corrected chi connectivity index (χ3v) is 5.69. The number of nitrogens with zero attached hydrogens (tertiary/aromatic N) is 2. The zero-order chi connectivity index (χ0) is 22.5. The molecule has 0 aliphatic carbocycles. The molecule has 0 fully saturated rings. The van der Waals surface area contributed by atoms with Gasteiger partial charge in [-0.25, -0.2) is 4.39 Å². The molecule has 3 aromatic carbocycles. The lowest BCUT2D eigenvalue weighted by atomic mass is 10.0. The van der Waals surface area contributed by atoms with Crippen LogP contribution in [0.3, 0.4) is 0 Å². The van der Waals surface area contributed by atoms with Gasteiger partial charge in [-0.2, -0.15) is 0 Å². The minimum Gasteiger partial charge on any atom is -0.481 e. The Morgan fingerprint density at radius 1 is 1.06 bits per heavy atom. The fourth-order valence-corrected chi connectivity index (χ4v) is 3.76. The van der Waals surface area contributed by atoms with Crippen molar-refractivity contribution in [1.82, 2.24) is 15.5 Å². The minimum absolute atomic E-state index is 0.130.